The topological polar surface area (TPSA) is 72.5 Å². The van der Waals surface area contributed by atoms with E-state index >= 15 is 0 Å². The first-order chi connectivity index (χ1) is 11.0. The minimum atomic E-state index is -0.0670. The quantitative estimate of drug-likeness (QED) is 0.631. The molecule has 0 fully saturated rings. The van der Waals surface area contributed by atoms with E-state index in [4.69, 9.17) is 16.3 Å². The summed E-state index contributed by atoms with van der Waals surface area (Å²) in [5.74, 6) is 1.24. The lowest BCUT2D eigenvalue weighted by molar-refractivity contribution is 0.318. The Morgan fingerprint density at radius 3 is 2.78 bits per heavy atom. The Bertz CT molecular complexity index is 716. The van der Waals surface area contributed by atoms with Crippen LogP contribution < -0.4 is 4.74 Å². The van der Waals surface area contributed by atoms with Gasteiger partial charge in [-0.3, -0.25) is 0 Å². The number of halogens is 1. The van der Waals surface area contributed by atoms with Crippen LogP contribution in [0.25, 0.3) is 0 Å². The fourth-order valence-corrected chi connectivity index (χ4v) is 2.59. The third-order valence-electron chi connectivity index (χ3n) is 3.01. The van der Waals surface area contributed by atoms with Crippen molar-refractivity contribution in [1.29, 1.82) is 0 Å². The molecule has 8 heteroatoms. The Morgan fingerprint density at radius 1 is 1.43 bits per heavy atom. The summed E-state index contributed by atoms with van der Waals surface area (Å²) in [7, 11) is 0. The Labute approximate surface area is 144 Å². The predicted octanol–water partition coefficient (Wildman–Crippen LogP) is 3.76. The molecule has 0 aliphatic heterocycles. The molecule has 2 aromatic rings. The Hall–Kier alpha value is -1.73. The third kappa shape index (κ3) is 3.97. The first-order valence-corrected chi connectivity index (χ1v) is 8.77. The SMILES string of the molecule is CCOc1cc(/C=N\n2c(SC)nnc2C(C)C)cc(Cl)c1O. The number of phenols is 1. The first-order valence-electron chi connectivity index (χ1n) is 7.16. The fourth-order valence-electron chi connectivity index (χ4n) is 1.93. The maximum atomic E-state index is 9.87. The van der Waals surface area contributed by atoms with Gasteiger partial charge in [-0.25, -0.2) is 0 Å². The zero-order valence-electron chi connectivity index (χ0n) is 13.4. The molecule has 2 rings (SSSR count). The van der Waals surface area contributed by atoms with Crippen LogP contribution in [0, 0.1) is 0 Å². The Kier molecular flexibility index (Phi) is 5.90. The predicted molar refractivity (Wildman–Crippen MR) is 93.2 cm³/mol. The van der Waals surface area contributed by atoms with Crippen LogP contribution in [-0.4, -0.2) is 39.1 Å². The highest BCUT2D eigenvalue weighted by molar-refractivity contribution is 7.98. The molecule has 0 unspecified atom stereocenters. The van der Waals surface area contributed by atoms with E-state index in [1.54, 1.807) is 23.0 Å². The van der Waals surface area contributed by atoms with E-state index < -0.39 is 0 Å². The molecule has 0 amide bonds. The van der Waals surface area contributed by atoms with Crippen molar-refractivity contribution in [1.82, 2.24) is 14.9 Å². The van der Waals surface area contributed by atoms with Gasteiger partial charge in [0.25, 0.3) is 0 Å². The van der Waals surface area contributed by atoms with Crippen molar-refractivity contribution in [3.63, 3.8) is 0 Å². The molecular weight excluding hydrogens is 336 g/mol. The van der Waals surface area contributed by atoms with E-state index in [1.807, 2.05) is 27.0 Å². The summed E-state index contributed by atoms with van der Waals surface area (Å²) in [6, 6.07) is 3.31. The van der Waals surface area contributed by atoms with E-state index in [0.717, 1.165) is 5.82 Å². The molecule has 1 heterocycles. The van der Waals surface area contributed by atoms with Gasteiger partial charge in [0.2, 0.25) is 5.16 Å². The highest BCUT2D eigenvalue weighted by atomic mass is 35.5. The van der Waals surface area contributed by atoms with Gasteiger partial charge >= 0.3 is 0 Å². The number of rotatable bonds is 6. The Balaban J connectivity index is 2.39. The van der Waals surface area contributed by atoms with Crippen LogP contribution in [-0.2, 0) is 0 Å². The second-order valence-electron chi connectivity index (χ2n) is 5.04. The van der Waals surface area contributed by atoms with Crippen LogP contribution in [0.3, 0.4) is 0 Å². The van der Waals surface area contributed by atoms with E-state index in [9.17, 15) is 5.11 Å². The van der Waals surface area contributed by atoms with Crippen molar-refractivity contribution >= 4 is 29.6 Å². The molecule has 0 atom stereocenters. The van der Waals surface area contributed by atoms with Gasteiger partial charge in [-0.2, -0.15) is 9.78 Å². The van der Waals surface area contributed by atoms with Gasteiger partial charge < -0.3 is 9.84 Å². The lowest BCUT2D eigenvalue weighted by atomic mass is 10.2. The summed E-state index contributed by atoms with van der Waals surface area (Å²) < 4.78 is 7.08. The number of nitrogens with zero attached hydrogens (tertiary/aromatic N) is 4. The molecule has 0 aliphatic carbocycles. The van der Waals surface area contributed by atoms with Crippen LogP contribution in [0.2, 0.25) is 5.02 Å². The van der Waals surface area contributed by atoms with Gasteiger partial charge in [-0.15, -0.1) is 10.2 Å². The largest absolute Gasteiger partial charge is 0.503 e. The monoisotopic (exact) mass is 354 g/mol. The first kappa shape index (κ1) is 17.6. The van der Waals surface area contributed by atoms with Gasteiger partial charge in [0, 0.05) is 5.92 Å². The van der Waals surface area contributed by atoms with Gasteiger partial charge in [0.1, 0.15) is 0 Å². The van der Waals surface area contributed by atoms with E-state index in [1.165, 1.54) is 11.8 Å². The molecule has 0 radical (unpaired) electrons. The standard InChI is InChI=1S/C15H19ClN4O2S/c1-5-22-12-7-10(6-11(16)13(12)21)8-17-20-14(9(2)3)18-19-15(20)23-4/h6-9,21H,5H2,1-4H3/b17-8-. The number of aromatic nitrogens is 3. The van der Waals surface area contributed by atoms with Gasteiger partial charge in [-0.1, -0.05) is 37.2 Å². The number of thioether (sulfide) groups is 1. The highest BCUT2D eigenvalue weighted by Crippen LogP contribution is 2.34. The zero-order valence-corrected chi connectivity index (χ0v) is 15.0. The summed E-state index contributed by atoms with van der Waals surface area (Å²) in [6.45, 7) is 6.34. The smallest absolute Gasteiger partial charge is 0.211 e. The highest BCUT2D eigenvalue weighted by Gasteiger charge is 2.14. The summed E-state index contributed by atoms with van der Waals surface area (Å²) >= 11 is 7.50. The summed E-state index contributed by atoms with van der Waals surface area (Å²) in [5.41, 5.74) is 0.715. The summed E-state index contributed by atoms with van der Waals surface area (Å²) in [6.07, 6.45) is 3.56. The average Bonchev–Trinajstić information content (AvgIpc) is 2.93. The van der Waals surface area contributed by atoms with Crippen LogP contribution >= 0.6 is 23.4 Å². The molecule has 6 nitrogen and oxygen atoms in total. The normalized spacial score (nSPS) is 11.6. The van der Waals surface area contributed by atoms with Crippen LogP contribution in [0.4, 0.5) is 0 Å². The molecule has 124 valence electrons. The number of hydrogen-bond donors (Lipinski definition) is 1. The molecule has 0 saturated carbocycles. The molecule has 23 heavy (non-hydrogen) atoms. The van der Waals surface area contributed by atoms with Gasteiger partial charge in [-0.05, 0) is 30.9 Å². The lowest BCUT2D eigenvalue weighted by Gasteiger charge is -2.08. The second-order valence-corrected chi connectivity index (χ2v) is 6.22. The van der Waals surface area contributed by atoms with Crippen molar-refractivity contribution in [2.24, 2.45) is 5.10 Å². The minimum absolute atomic E-state index is 0.0670. The lowest BCUT2D eigenvalue weighted by Crippen LogP contribution is -2.02. The van der Waals surface area contributed by atoms with Crippen molar-refractivity contribution in [2.75, 3.05) is 12.9 Å². The number of phenolic OH excluding ortho intramolecular Hbond substituents is 1. The number of aromatic hydroxyl groups is 1. The van der Waals surface area contributed by atoms with Gasteiger partial charge in [0.15, 0.2) is 17.3 Å². The van der Waals surface area contributed by atoms with Crippen molar-refractivity contribution in [3.05, 3.63) is 28.5 Å². The van der Waals surface area contributed by atoms with E-state index in [2.05, 4.69) is 15.3 Å². The molecule has 1 aromatic carbocycles. The van der Waals surface area contributed by atoms with Crippen LogP contribution in [0.15, 0.2) is 22.4 Å². The average molecular weight is 355 g/mol. The maximum absolute atomic E-state index is 9.87. The summed E-state index contributed by atoms with van der Waals surface area (Å²) in [4.78, 5) is 0. The Morgan fingerprint density at radius 2 is 2.17 bits per heavy atom. The third-order valence-corrected chi connectivity index (χ3v) is 3.92. The van der Waals surface area contributed by atoms with Gasteiger partial charge in [0.05, 0.1) is 17.8 Å². The molecule has 0 bridgehead atoms. The molecule has 0 spiro atoms. The summed E-state index contributed by atoms with van der Waals surface area (Å²) in [5, 5.41) is 23.5. The van der Waals surface area contributed by atoms with Crippen molar-refractivity contribution < 1.29 is 9.84 Å². The maximum Gasteiger partial charge on any atom is 0.211 e. The van der Waals surface area contributed by atoms with Crippen LogP contribution in [0.1, 0.15) is 38.1 Å². The molecule has 1 aromatic heterocycles. The molecule has 0 aliphatic rings. The van der Waals surface area contributed by atoms with Crippen molar-refractivity contribution in [3.8, 4) is 11.5 Å². The number of hydrogen-bond acceptors (Lipinski definition) is 6. The van der Waals surface area contributed by atoms with Crippen molar-refractivity contribution in [2.45, 2.75) is 31.8 Å². The number of ether oxygens (including phenoxy) is 1. The fraction of sp³-hybridized carbons (Fsp3) is 0.400. The number of benzene rings is 1. The van der Waals surface area contributed by atoms with Crippen LogP contribution in [0.5, 0.6) is 11.5 Å². The molecule has 1 N–H and O–H groups in total. The minimum Gasteiger partial charge on any atom is -0.503 e. The molecule has 0 saturated heterocycles. The zero-order chi connectivity index (χ0) is 17.0. The molecular formula is C15H19ClN4O2S. The van der Waals surface area contributed by atoms with E-state index in [0.29, 0.717) is 23.1 Å². The van der Waals surface area contributed by atoms with E-state index in [-0.39, 0.29) is 16.7 Å². The second kappa shape index (κ2) is 7.70.